The zero-order valence-electron chi connectivity index (χ0n) is 12.9. The lowest BCUT2D eigenvalue weighted by Gasteiger charge is -2.18. The fourth-order valence-corrected chi connectivity index (χ4v) is 2.47. The SMILES string of the molecule is CCn1nc(C(=O)N[C@H](CC(=O)O)c2ccccc2Cl)ccc1=O. The number of benzene rings is 1. The molecular formula is C16H16ClN3O4. The molecule has 0 aliphatic rings. The van der Waals surface area contributed by atoms with Crippen LogP contribution in [0.2, 0.25) is 5.02 Å². The third kappa shape index (κ3) is 4.20. The van der Waals surface area contributed by atoms with E-state index in [9.17, 15) is 14.4 Å². The maximum atomic E-state index is 12.4. The smallest absolute Gasteiger partial charge is 0.305 e. The minimum absolute atomic E-state index is 0.0268. The molecule has 0 radical (unpaired) electrons. The van der Waals surface area contributed by atoms with E-state index in [0.717, 1.165) is 4.68 Å². The van der Waals surface area contributed by atoms with Gasteiger partial charge in [0.15, 0.2) is 0 Å². The highest BCUT2D eigenvalue weighted by molar-refractivity contribution is 6.31. The molecule has 0 saturated carbocycles. The number of nitrogens with zero attached hydrogens (tertiary/aromatic N) is 2. The summed E-state index contributed by atoms with van der Waals surface area (Å²) in [5, 5.41) is 16.0. The van der Waals surface area contributed by atoms with E-state index < -0.39 is 17.9 Å². The molecule has 0 saturated heterocycles. The summed E-state index contributed by atoms with van der Waals surface area (Å²) in [5.41, 5.74) is 0.208. The molecule has 1 atom stereocenters. The van der Waals surface area contributed by atoms with E-state index in [-0.39, 0.29) is 17.7 Å². The highest BCUT2D eigenvalue weighted by Gasteiger charge is 2.21. The van der Waals surface area contributed by atoms with Gasteiger partial charge in [0.2, 0.25) is 0 Å². The second kappa shape index (κ2) is 7.74. The van der Waals surface area contributed by atoms with Gasteiger partial charge in [-0.25, -0.2) is 4.68 Å². The Balaban J connectivity index is 2.29. The second-order valence-electron chi connectivity index (χ2n) is 5.02. The van der Waals surface area contributed by atoms with E-state index in [1.165, 1.54) is 12.1 Å². The summed E-state index contributed by atoms with van der Waals surface area (Å²) in [4.78, 5) is 35.0. The van der Waals surface area contributed by atoms with Crippen LogP contribution in [0.15, 0.2) is 41.2 Å². The Morgan fingerprint density at radius 3 is 2.62 bits per heavy atom. The number of carbonyl (C=O) groups is 2. The first-order valence-corrected chi connectivity index (χ1v) is 7.65. The molecule has 0 bridgehead atoms. The first-order valence-electron chi connectivity index (χ1n) is 7.27. The molecule has 24 heavy (non-hydrogen) atoms. The van der Waals surface area contributed by atoms with Crippen molar-refractivity contribution in [1.82, 2.24) is 15.1 Å². The number of carbonyl (C=O) groups excluding carboxylic acids is 1. The Bertz CT molecular complexity index is 819. The van der Waals surface area contributed by atoms with Crippen molar-refractivity contribution in [3.63, 3.8) is 0 Å². The minimum Gasteiger partial charge on any atom is -0.481 e. The molecule has 0 fully saturated rings. The molecule has 2 aromatic rings. The molecule has 0 aliphatic heterocycles. The molecular weight excluding hydrogens is 334 g/mol. The van der Waals surface area contributed by atoms with E-state index in [1.54, 1.807) is 31.2 Å². The fraction of sp³-hybridized carbons (Fsp3) is 0.250. The molecule has 1 aromatic carbocycles. The Labute approximate surface area is 142 Å². The minimum atomic E-state index is -1.08. The summed E-state index contributed by atoms with van der Waals surface area (Å²) >= 11 is 6.10. The van der Waals surface area contributed by atoms with E-state index in [2.05, 4.69) is 10.4 Å². The molecule has 0 spiro atoms. The maximum absolute atomic E-state index is 12.4. The average molecular weight is 350 g/mol. The third-order valence-electron chi connectivity index (χ3n) is 3.36. The van der Waals surface area contributed by atoms with Gasteiger partial charge in [0.1, 0.15) is 5.69 Å². The van der Waals surface area contributed by atoms with Gasteiger partial charge in [-0.15, -0.1) is 0 Å². The molecule has 2 rings (SSSR count). The van der Waals surface area contributed by atoms with Crippen molar-refractivity contribution in [2.45, 2.75) is 25.9 Å². The molecule has 7 nitrogen and oxygen atoms in total. The summed E-state index contributed by atoms with van der Waals surface area (Å²) in [7, 11) is 0. The van der Waals surface area contributed by atoms with Gasteiger partial charge in [-0.2, -0.15) is 5.10 Å². The van der Waals surface area contributed by atoms with Gasteiger partial charge in [-0.05, 0) is 24.6 Å². The van der Waals surface area contributed by atoms with Crippen LogP contribution in [0, 0.1) is 0 Å². The van der Waals surface area contributed by atoms with Crippen LogP contribution in [0.1, 0.15) is 35.4 Å². The van der Waals surface area contributed by atoms with Crippen LogP contribution in [0.5, 0.6) is 0 Å². The van der Waals surface area contributed by atoms with Crippen molar-refractivity contribution in [3.05, 3.63) is 63.0 Å². The predicted molar refractivity (Wildman–Crippen MR) is 88.1 cm³/mol. The maximum Gasteiger partial charge on any atom is 0.305 e. The van der Waals surface area contributed by atoms with Crippen molar-refractivity contribution in [1.29, 1.82) is 0 Å². The first kappa shape index (κ1) is 17.7. The highest BCUT2D eigenvalue weighted by atomic mass is 35.5. The number of aryl methyl sites for hydroxylation is 1. The van der Waals surface area contributed by atoms with Crippen molar-refractivity contribution in [2.75, 3.05) is 0 Å². The van der Waals surface area contributed by atoms with E-state index in [0.29, 0.717) is 17.1 Å². The summed E-state index contributed by atoms with van der Waals surface area (Å²) in [6.45, 7) is 2.05. The second-order valence-corrected chi connectivity index (χ2v) is 5.43. The normalized spacial score (nSPS) is 11.8. The van der Waals surface area contributed by atoms with Gasteiger partial charge < -0.3 is 10.4 Å². The van der Waals surface area contributed by atoms with Crippen LogP contribution < -0.4 is 10.9 Å². The Hall–Kier alpha value is -2.67. The number of aromatic nitrogens is 2. The molecule has 1 heterocycles. The van der Waals surface area contributed by atoms with Gasteiger partial charge in [0.05, 0.1) is 12.5 Å². The fourth-order valence-electron chi connectivity index (χ4n) is 2.20. The van der Waals surface area contributed by atoms with E-state index in [4.69, 9.17) is 16.7 Å². The molecule has 2 N–H and O–H groups in total. The van der Waals surface area contributed by atoms with Crippen molar-refractivity contribution >= 4 is 23.5 Å². The number of hydrogen-bond acceptors (Lipinski definition) is 4. The quantitative estimate of drug-likeness (QED) is 0.828. The van der Waals surface area contributed by atoms with E-state index >= 15 is 0 Å². The molecule has 8 heteroatoms. The van der Waals surface area contributed by atoms with Gasteiger partial charge in [0, 0.05) is 17.6 Å². The molecule has 126 valence electrons. The van der Waals surface area contributed by atoms with Crippen LogP contribution in [0.4, 0.5) is 0 Å². The molecule has 1 aromatic heterocycles. The lowest BCUT2D eigenvalue weighted by atomic mass is 10.0. The number of halogens is 1. The molecule has 0 aliphatic carbocycles. The first-order chi connectivity index (χ1) is 11.4. The topological polar surface area (TPSA) is 101 Å². The number of carboxylic acids is 1. The molecule has 0 unspecified atom stereocenters. The zero-order chi connectivity index (χ0) is 17.7. The number of hydrogen-bond donors (Lipinski definition) is 2. The predicted octanol–water partition coefficient (Wildman–Crippen LogP) is 1.86. The highest BCUT2D eigenvalue weighted by Crippen LogP contribution is 2.25. The average Bonchev–Trinajstić information content (AvgIpc) is 2.54. The lowest BCUT2D eigenvalue weighted by molar-refractivity contribution is -0.137. The number of rotatable bonds is 6. The molecule has 1 amide bonds. The van der Waals surface area contributed by atoms with Gasteiger partial charge in [-0.3, -0.25) is 14.4 Å². The van der Waals surface area contributed by atoms with Crippen molar-refractivity contribution in [3.8, 4) is 0 Å². The number of amides is 1. The monoisotopic (exact) mass is 349 g/mol. The van der Waals surface area contributed by atoms with E-state index in [1.807, 2.05) is 0 Å². The number of carboxylic acid groups (broad SMARTS) is 1. The lowest BCUT2D eigenvalue weighted by Crippen LogP contribution is -2.33. The summed E-state index contributed by atoms with van der Waals surface area (Å²) < 4.78 is 1.15. The Morgan fingerprint density at radius 1 is 1.29 bits per heavy atom. The summed E-state index contributed by atoms with van der Waals surface area (Å²) in [6, 6.07) is 8.42. The largest absolute Gasteiger partial charge is 0.481 e. The number of nitrogens with one attached hydrogen (secondary N) is 1. The Kier molecular flexibility index (Phi) is 5.70. The van der Waals surface area contributed by atoms with Crippen molar-refractivity contribution < 1.29 is 14.7 Å². The van der Waals surface area contributed by atoms with Crippen LogP contribution in [-0.2, 0) is 11.3 Å². The van der Waals surface area contributed by atoms with Crippen LogP contribution in [0.25, 0.3) is 0 Å². The number of aliphatic carboxylic acids is 1. The van der Waals surface area contributed by atoms with Crippen LogP contribution in [0.3, 0.4) is 0 Å². The zero-order valence-corrected chi connectivity index (χ0v) is 13.7. The van der Waals surface area contributed by atoms with Crippen LogP contribution in [-0.4, -0.2) is 26.8 Å². The van der Waals surface area contributed by atoms with Gasteiger partial charge >= 0.3 is 5.97 Å². The van der Waals surface area contributed by atoms with Crippen molar-refractivity contribution in [2.24, 2.45) is 0 Å². The van der Waals surface area contributed by atoms with Gasteiger partial charge in [-0.1, -0.05) is 29.8 Å². The van der Waals surface area contributed by atoms with Gasteiger partial charge in [0.25, 0.3) is 11.5 Å². The summed E-state index contributed by atoms with van der Waals surface area (Å²) in [5.74, 6) is -1.66. The van der Waals surface area contributed by atoms with Crippen LogP contribution >= 0.6 is 11.6 Å². The summed E-state index contributed by atoms with van der Waals surface area (Å²) in [6.07, 6.45) is -0.330. The standard InChI is InChI=1S/C16H16ClN3O4/c1-2-20-14(21)8-7-12(19-20)16(24)18-13(9-15(22)23)10-5-3-4-6-11(10)17/h3-8,13H,2,9H2,1H3,(H,18,24)(H,22,23)/t13-/m1/s1. The third-order valence-corrected chi connectivity index (χ3v) is 3.71. The Morgan fingerprint density at radius 2 is 2.00 bits per heavy atom.